The van der Waals surface area contributed by atoms with E-state index in [0.717, 1.165) is 5.92 Å². The van der Waals surface area contributed by atoms with E-state index >= 15 is 0 Å². The monoisotopic (exact) mass is 308 g/mol. The third kappa shape index (κ3) is 4.70. The van der Waals surface area contributed by atoms with Crippen LogP contribution in [0.4, 0.5) is 0 Å². The van der Waals surface area contributed by atoms with Crippen LogP contribution < -0.4 is 0 Å². The van der Waals surface area contributed by atoms with Crippen LogP contribution in [0.5, 0.6) is 0 Å². The second kappa shape index (κ2) is 7.81. The molecule has 0 saturated carbocycles. The first-order chi connectivity index (χ1) is 10.9. The summed E-state index contributed by atoms with van der Waals surface area (Å²) in [5, 5.41) is 0. The van der Waals surface area contributed by atoms with Crippen LogP contribution in [0.2, 0.25) is 0 Å². The molecule has 0 amide bonds. The maximum atomic E-state index is 2.34. The summed E-state index contributed by atoms with van der Waals surface area (Å²) in [6.07, 6.45) is 1.26. The summed E-state index contributed by atoms with van der Waals surface area (Å²) in [5.41, 5.74) is 5.54. The van der Waals surface area contributed by atoms with E-state index in [0.29, 0.717) is 17.8 Å². The second-order valence-electron chi connectivity index (χ2n) is 7.88. The zero-order valence-corrected chi connectivity index (χ0v) is 15.6. The average Bonchev–Trinajstić information content (AvgIpc) is 2.52. The van der Waals surface area contributed by atoms with Gasteiger partial charge in [0.2, 0.25) is 0 Å². The van der Waals surface area contributed by atoms with Gasteiger partial charge in [0.05, 0.1) is 0 Å². The zero-order valence-electron chi connectivity index (χ0n) is 15.6. The quantitative estimate of drug-likeness (QED) is 0.526. The molecule has 0 unspecified atom stereocenters. The molecule has 0 heterocycles. The predicted molar refractivity (Wildman–Crippen MR) is 103 cm³/mol. The summed E-state index contributed by atoms with van der Waals surface area (Å²) in [6.45, 7) is 13.8. The summed E-state index contributed by atoms with van der Waals surface area (Å²) < 4.78 is 0. The van der Waals surface area contributed by atoms with Crippen molar-refractivity contribution in [1.82, 2.24) is 0 Å². The molecule has 0 aliphatic carbocycles. The lowest BCUT2D eigenvalue weighted by Crippen LogP contribution is -2.09. The highest BCUT2D eigenvalue weighted by Gasteiger charge is 2.17. The fourth-order valence-corrected chi connectivity index (χ4v) is 3.30. The Labute approximate surface area is 143 Å². The Morgan fingerprint density at radius 3 is 1.87 bits per heavy atom. The van der Waals surface area contributed by atoms with Crippen molar-refractivity contribution in [3.63, 3.8) is 0 Å². The Morgan fingerprint density at radius 2 is 1.35 bits per heavy atom. The lowest BCUT2D eigenvalue weighted by molar-refractivity contribution is 0.408. The molecule has 0 aromatic heterocycles. The van der Waals surface area contributed by atoms with E-state index < -0.39 is 0 Å². The molecule has 2 aromatic carbocycles. The third-order valence-electron chi connectivity index (χ3n) is 4.76. The third-order valence-corrected chi connectivity index (χ3v) is 4.76. The van der Waals surface area contributed by atoms with Crippen molar-refractivity contribution >= 4 is 0 Å². The fourth-order valence-electron chi connectivity index (χ4n) is 3.30. The van der Waals surface area contributed by atoms with E-state index in [1.165, 1.54) is 28.7 Å². The van der Waals surface area contributed by atoms with Gasteiger partial charge in [0.25, 0.3) is 0 Å². The van der Waals surface area contributed by atoms with Crippen LogP contribution in [0.15, 0.2) is 48.5 Å². The van der Waals surface area contributed by atoms with Gasteiger partial charge in [0.15, 0.2) is 0 Å². The molecule has 0 N–H and O–H groups in total. The molecule has 0 radical (unpaired) electrons. The van der Waals surface area contributed by atoms with E-state index in [-0.39, 0.29) is 0 Å². The molecule has 0 aliphatic rings. The van der Waals surface area contributed by atoms with Crippen LogP contribution in [0.3, 0.4) is 0 Å². The average molecular weight is 309 g/mol. The molecule has 0 aliphatic heterocycles. The Balaban J connectivity index is 2.26. The minimum Gasteiger partial charge on any atom is -0.0628 e. The largest absolute Gasteiger partial charge is 0.0628 e. The van der Waals surface area contributed by atoms with E-state index in [1.54, 1.807) is 0 Å². The van der Waals surface area contributed by atoms with Crippen molar-refractivity contribution in [1.29, 1.82) is 0 Å². The first kappa shape index (κ1) is 17.8. The van der Waals surface area contributed by atoms with Crippen molar-refractivity contribution in [2.75, 3.05) is 0 Å². The smallest absolute Gasteiger partial charge is 0.0136 e. The standard InChI is InChI=1S/C23H32/c1-16(2)14-23(18(5)6)20-12-10-19(11-13-20)22-9-7-8-21(15-22)17(3)4/h7-13,15-18,23H,14H2,1-6H3/t23-/m1/s1. The van der Waals surface area contributed by atoms with Gasteiger partial charge in [-0.25, -0.2) is 0 Å². The molecule has 0 heteroatoms. The highest BCUT2D eigenvalue weighted by molar-refractivity contribution is 5.64. The maximum absolute atomic E-state index is 2.34. The molecule has 2 aromatic rings. The molecule has 0 bridgehead atoms. The minimum atomic E-state index is 0.575. The normalized spacial score (nSPS) is 13.1. The first-order valence-corrected chi connectivity index (χ1v) is 9.08. The molecular weight excluding hydrogens is 276 g/mol. The summed E-state index contributed by atoms with van der Waals surface area (Å²) in [4.78, 5) is 0. The fraction of sp³-hybridized carbons (Fsp3) is 0.478. The number of hydrogen-bond donors (Lipinski definition) is 0. The van der Waals surface area contributed by atoms with Crippen LogP contribution in [-0.2, 0) is 0 Å². The molecular formula is C23H32. The summed E-state index contributed by atoms with van der Waals surface area (Å²) in [6, 6.07) is 18.2. The van der Waals surface area contributed by atoms with Crippen LogP contribution in [-0.4, -0.2) is 0 Å². The summed E-state index contributed by atoms with van der Waals surface area (Å²) >= 11 is 0. The zero-order chi connectivity index (χ0) is 17.0. The van der Waals surface area contributed by atoms with Gasteiger partial charge < -0.3 is 0 Å². The van der Waals surface area contributed by atoms with E-state index in [1.807, 2.05) is 0 Å². The molecule has 0 spiro atoms. The van der Waals surface area contributed by atoms with Gasteiger partial charge in [0.1, 0.15) is 0 Å². The van der Waals surface area contributed by atoms with Crippen molar-refractivity contribution in [3.05, 3.63) is 59.7 Å². The van der Waals surface area contributed by atoms with Gasteiger partial charge in [-0.05, 0) is 52.3 Å². The Morgan fingerprint density at radius 1 is 0.696 bits per heavy atom. The Bertz CT molecular complexity index is 602. The van der Waals surface area contributed by atoms with E-state index in [4.69, 9.17) is 0 Å². The molecule has 124 valence electrons. The van der Waals surface area contributed by atoms with Gasteiger partial charge >= 0.3 is 0 Å². The Kier molecular flexibility index (Phi) is 6.04. The van der Waals surface area contributed by atoms with Crippen LogP contribution in [0.1, 0.15) is 70.9 Å². The highest BCUT2D eigenvalue weighted by atomic mass is 14.2. The summed E-state index contributed by atoms with van der Waals surface area (Å²) in [5.74, 6) is 2.66. The Hall–Kier alpha value is -1.56. The molecule has 1 atom stereocenters. The van der Waals surface area contributed by atoms with Crippen molar-refractivity contribution in [2.24, 2.45) is 11.8 Å². The van der Waals surface area contributed by atoms with Gasteiger partial charge in [-0.15, -0.1) is 0 Å². The van der Waals surface area contributed by atoms with Crippen molar-refractivity contribution in [2.45, 2.75) is 59.8 Å². The number of rotatable bonds is 6. The molecule has 23 heavy (non-hydrogen) atoms. The van der Waals surface area contributed by atoms with Crippen LogP contribution >= 0.6 is 0 Å². The topological polar surface area (TPSA) is 0 Å². The van der Waals surface area contributed by atoms with Gasteiger partial charge in [-0.1, -0.05) is 90.1 Å². The van der Waals surface area contributed by atoms with Crippen molar-refractivity contribution in [3.8, 4) is 11.1 Å². The maximum Gasteiger partial charge on any atom is -0.0136 e. The summed E-state index contributed by atoms with van der Waals surface area (Å²) in [7, 11) is 0. The van der Waals surface area contributed by atoms with Gasteiger partial charge in [0, 0.05) is 0 Å². The molecule has 0 nitrogen and oxygen atoms in total. The number of benzene rings is 2. The van der Waals surface area contributed by atoms with E-state index in [9.17, 15) is 0 Å². The van der Waals surface area contributed by atoms with E-state index in [2.05, 4.69) is 90.1 Å². The van der Waals surface area contributed by atoms with Crippen molar-refractivity contribution < 1.29 is 0 Å². The lowest BCUT2D eigenvalue weighted by atomic mass is 9.82. The predicted octanol–water partition coefficient (Wildman–Crippen LogP) is 7.26. The highest BCUT2D eigenvalue weighted by Crippen LogP contribution is 2.32. The molecule has 2 rings (SSSR count). The second-order valence-corrected chi connectivity index (χ2v) is 7.88. The van der Waals surface area contributed by atoms with Crippen LogP contribution in [0.25, 0.3) is 11.1 Å². The number of hydrogen-bond acceptors (Lipinski definition) is 0. The lowest BCUT2D eigenvalue weighted by Gasteiger charge is -2.23. The van der Waals surface area contributed by atoms with Crippen LogP contribution in [0, 0.1) is 11.8 Å². The van der Waals surface area contributed by atoms with Gasteiger partial charge in [-0.3, -0.25) is 0 Å². The SMILES string of the molecule is CC(C)C[C@@H](c1ccc(-c2cccc(C(C)C)c2)cc1)C(C)C. The molecule has 0 saturated heterocycles. The molecule has 0 fully saturated rings. The minimum absolute atomic E-state index is 0.575. The first-order valence-electron chi connectivity index (χ1n) is 9.08. The van der Waals surface area contributed by atoms with Gasteiger partial charge in [-0.2, -0.15) is 0 Å².